The van der Waals surface area contributed by atoms with Gasteiger partial charge in [-0.3, -0.25) is 4.90 Å². The Morgan fingerprint density at radius 2 is 2.39 bits per heavy atom. The standard InChI is InChI=1S/C15H19NO2/c1-3-7-16-8-11-10-18-14-6-4-5-13(17-2)15(14)12(11)9-16/h3-6,11-12H,1,7-10H2,2H3/t11-,12+/m1/s1. The van der Waals surface area contributed by atoms with Crippen LogP contribution in [0.15, 0.2) is 30.9 Å². The molecule has 3 nitrogen and oxygen atoms in total. The van der Waals surface area contributed by atoms with Gasteiger partial charge in [0.05, 0.1) is 13.7 Å². The number of fused-ring (bicyclic) bond motifs is 3. The first-order valence-corrected chi connectivity index (χ1v) is 6.46. The van der Waals surface area contributed by atoms with Crippen molar-refractivity contribution < 1.29 is 9.47 Å². The topological polar surface area (TPSA) is 21.7 Å². The van der Waals surface area contributed by atoms with Crippen LogP contribution in [-0.2, 0) is 0 Å². The summed E-state index contributed by atoms with van der Waals surface area (Å²) in [7, 11) is 1.73. The van der Waals surface area contributed by atoms with E-state index in [0.29, 0.717) is 11.8 Å². The van der Waals surface area contributed by atoms with Gasteiger partial charge in [0.1, 0.15) is 11.5 Å². The van der Waals surface area contributed by atoms with Crippen molar-refractivity contribution in [2.75, 3.05) is 33.4 Å². The molecule has 0 aliphatic carbocycles. The molecule has 0 radical (unpaired) electrons. The van der Waals surface area contributed by atoms with Crippen molar-refractivity contribution in [2.24, 2.45) is 5.92 Å². The van der Waals surface area contributed by atoms with Gasteiger partial charge >= 0.3 is 0 Å². The van der Waals surface area contributed by atoms with Gasteiger partial charge in [-0.1, -0.05) is 12.1 Å². The highest BCUT2D eigenvalue weighted by Crippen LogP contribution is 2.45. The zero-order valence-electron chi connectivity index (χ0n) is 10.8. The van der Waals surface area contributed by atoms with Crippen molar-refractivity contribution in [1.29, 1.82) is 0 Å². The molecule has 0 saturated carbocycles. The Kier molecular flexibility index (Phi) is 3.00. The van der Waals surface area contributed by atoms with E-state index >= 15 is 0 Å². The van der Waals surface area contributed by atoms with E-state index in [4.69, 9.17) is 9.47 Å². The summed E-state index contributed by atoms with van der Waals surface area (Å²) in [5.74, 6) is 3.07. The molecular formula is C15H19NO2. The van der Waals surface area contributed by atoms with Gasteiger partial charge in [0.15, 0.2) is 0 Å². The van der Waals surface area contributed by atoms with Gasteiger partial charge < -0.3 is 9.47 Å². The first-order chi connectivity index (χ1) is 8.83. The molecule has 1 aromatic rings. The molecule has 0 amide bonds. The molecule has 2 aliphatic rings. The monoisotopic (exact) mass is 245 g/mol. The predicted molar refractivity (Wildman–Crippen MR) is 71.4 cm³/mol. The molecule has 0 bridgehead atoms. The first-order valence-electron chi connectivity index (χ1n) is 6.46. The number of benzene rings is 1. The van der Waals surface area contributed by atoms with Crippen molar-refractivity contribution >= 4 is 0 Å². The minimum Gasteiger partial charge on any atom is -0.496 e. The molecule has 0 spiro atoms. The molecule has 1 saturated heterocycles. The summed E-state index contributed by atoms with van der Waals surface area (Å²) in [6, 6.07) is 6.07. The molecule has 2 heterocycles. The van der Waals surface area contributed by atoms with Gasteiger partial charge in [-0.25, -0.2) is 0 Å². The van der Waals surface area contributed by atoms with Crippen molar-refractivity contribution in [2.45, 2.75) is 5.92 Å². The predicted octanol–water partition coefficient (Wildman–Crippen LogP) is 2.29. The Morgan fingerprint density at radius 1 is 1.50 bits per heavy atom. The zero-order valence-corrected chi connectivity index (χ0v) is 10.8. The molecule has 1 fully saturated rings. The lowest BCUT2D eigenvalue weighted by atomic mass is 9.86. The lowest BCUT2D eigenvalue weighted by molar-refractivity contribution is 0.210. The fourth-order valence-electron chi connectivity index (χ4n) is 3.18. The number of methoxy groups -OCH3 is 1. The summed E-state index contributed by atoms with van der Waals surface area (Å²) >= 11 is 0. The van der Waals surface area contributed by atoms with E-state index in [9.17, 15) is 0 Å². The Labute approximate surface area is 108 Å². The van der Waals surface area contributed by atoms with Crippen LogP contribution >= 0.6 is 0 Å². The highest BCUT2D eigenvalue weighted by atomic mass is 16.5. The van der Waals surface area contributed by atoms with Crippen LogP contribution in [-0.4, -0.2) is 38.3 Å². The lowest BCUT2D eigenvalue weighted by Crippen LogP contribution is -2.25. The molecular weight excluding hydrogens is 226 g/mol. The fourth-order valence-corrected chi connectivity index (χ4v) is 3.18. The van der Waals surface area contributed by atoms with Gasteiger partial charge in [0.25, 0.3) is 0 Å². The second-order valence-electron chi connectivity index (χ2n) is 5.06. The number of nitrogens with zero attached hydrogens (tertiary/aromatic N) is 1. The van der Waals surface area contributed by atoms with Crippen LogP contribution in [0.5, 0.6) is 11.5 Å². The molecule has 18 heavy (non-hydrogen) atoms. The summed E-state index contributed by atoms with van der Waals surface area (Å²) in [5, 5.41) is 0. The van der Waals surface area contributed by atoms with Crippen molar-refractivity contribution in [1.82, 2.24) is 4.90 Å². The summed E-state index contributed by atoms with van der Waals surface area (Å²) in [6.45, 7) is 7.76. The quantitative estimate of drug-likeness (QED) is 0.763. The smallest absolute Gasteiger partial charge is 0.126 e. The Bertz CT molecular complexity index is 444. The van der Waals surface area contributed by atoms with E-state index in [1.165, 1.54) is 5.56 Å². The maximum Gasteiger partial charge on any atom is 0.126 e. The normalized spacial score (nSPS) is 26.1. The van der Waals surface area contributed by atoms with E-state index in [-0.39, 0.29) is 0 Å². The average Bonchev–Trinajstić information content (AvgIpc) is 2.81. The van der Waals surface area contributed by atoms with Crippen molar-refractivity contribution in [3.8, 4) is 11.5 Å². The van der Waals surface area contributed by atoms with Gasteiger partial charge in [-0.05, 0) is 12.1 Å². The molecule has 2 atom stereocenters. The second kappa shape index (κ2) is 4.65. The summed E-state index contributed by atoms with van der Waals surface area (Å²) in [4.78, 5) is 2.44. The first kappa shape index (κ1) is 11.6. The summed E-state index contributed by atoms with van der Waals surface area (Å²) < 4.78 is 11.4. The minimum absolute atomic E-state index is 0.532. The molecule has 0 unspecified atom stereocenters. The molecule has 1 aromatic carbocycles. The van der Waals surface area contributed by atoms with Gasteiger partial charge in [0.2, 0.25) is 0 Å². The molecule has 0 N–H and O–H groups in total. The van der Waals surface area contributed by atoms with Crippen molar-refractivity contribution in [3.05, 3.63) is 36.4 Å². The van der Waals surface area contributed by atoms with Crippen LogP contribution in [0.3, 0.4) is 0 Å². The van der Waals surface area contributed by atoms with E-state index in [1.54, 1.807) is 7.11 Å². The largest absolute Gasteiger partial charge is 0.496 e. The number of likely N-dealkylation sites (tertiary alicyclic amines) is 1. The molecule has 3 rings (SSSR count). The van der Waals surface area contributed by atoms with E-state index in [2.05, 4.69) is 11.5 Å². The van der Waals surface area contributed by atoms with Crippen LogP contribution in [0.25, 0.3) is 0 Å². The Morgan fingerprint density at radius 3 is 3.17 bits per heavy atom. The third-order valence-electron chi connectivity index (χ3n) is 3.97. The molecule has 2 aliphatic heterocycles. The Balaban J connectivity index is 1.94. The van der Waals surface area contributed by atoms with Crippen LogP contribution < -0.4 is 9.47 Å². The second-order valence-corrected chi connectivity index (χ2v) is 5.06. The summed E-state index contributed by atoms with van der Waals surface area (Å²) in [5.41, 5.74) is 1.25. The van der Waals surface area contributed by atoms with E-state index in [1.807, 2.05) is 24.3 Å². The average molecular weight is 245 g/mol. The maximum absolute atomic E-state index is 5.87. The fraction of sp³-hybridized carbons (Fsp3) is 0.467. The number of hydrogen-bond donors (Lipinski definition) is 0. The van der Waals surface area contributed by atoms with Crippen LogP contribution in [0.1, 0.15) is 11.5 Å². The molecule has 96 valence electrons. The number of ether oxygens (including phenoxy) is 2. The van der Waals surface area contributed by atoms with Crippen molar-refractivity contribution in [3.63, 3.8) is 0 Å². The maximum atomic E-state index is 5.87. The van der Waals surface area contributed by atoms with Crippen LogP contribution in [0.2, 0.25) is 0 Å². The van der Waals surface area contributed by atoms with Crippen LogP contribution in [0, 0.1) is 5.92 Å². The Hall–Kier alpha value is -1.48. The third-order valence-corrected chi connectivity index (χ3v) is 3.97. The zero-order chi connectivity index (χ0) is 12.5. The molecule has 0 aromatic heterocycles. The lowest BCUT2D eigenvalue weighted by Gasteiger charge is -2.29. The van der Waals surface area contributed by atoms with Crippen LogP contribution in [0.4, 0.5) is 0 Å². The number of rotatable bonds is 3. The van der Waals surface area contributed by atoms with Gasteiger partial charge in [-0.15, -0.1) is 6.58 Å². The highest BCUT2D eigenvalue weighted by Gasteiger charge is 2.39. The van der Waals surface area contributed by atoms with E-state index < -0.39 is 0 Å². The van der Waals surface area contributed by atoms with Gasteiger partial charge in [-0.2, -0.15) is 0 Å². The third kappa shape index (κ3) is 1.79. The highest BCUT2D eigenvalue weighted by molar-refractivity contribution is 5.49. The SMILES string of the molecule is C=CCN1C[C@@H]2COc3cccc(OC)c3[C@H]2C1. The van der Waals surface area contributed by atoms with Gasteiger partial charge in [0, 0.05) is 37.0 Å². The summed E-state index contributed by atoms with van der Waals surface area (Å²) in [6.07, 6.45) is 1.97. The minimum atomic E-state index is 0.532. The van der Waals surface area contributed by atoms with E-state index in [0.717, 1.165) is 37.7 Å². The number of hydrogen-bond acceptors (Lipinski definition) is 3. The molecule has 3 heteroatoms.